The largest absolute Gasteiger partial charge is 0.406 e. The van der Waals surface area contributed by atoms with E-state index in [0.29, 0.717) is 18.9 Å². The number of ether oxygens (including phenoxy) is 1. The lowest BCUT2D eigenvalue weighted by molar-refractivity contribution is -0.141. The SMILES string of the molecule is FC(F)(F)Cn1ccnc1CNCC1CN(C2CC2)CCO1. The van der Waals surface area contributed by atoms with E-state index >= 15 is 0 Å². The molecule has 5 nitrogen and oxygen atoms in total. The van der Waals surface area contributed by atoms with E-state index in [0.717, 1.165) is 30.3 Å². The Morgan fingerprint density at radius 2 is 2.18 bits per heavy atom. The van der Waals surface area contributed by atoms with Crippen molar-refractivity contribution in [2.75, 3.05) is 26.2 Å². The van der Waals surface area contributed by atoms with Crippen LogP contribution in [0.2, 0.25) is 0 Å². The van der Waals surface area contributed by atoms with Gasteiger partial charge in [-0.25, -0.2) is 4.98 Å². The minimum atomic E-state index is -4.23. The molecule has 1 aliphatic heterocycles. The fraction of sp³-hybridized carbons (Fsp3) is 0.786. The molecular formula is C14H21F3N4O. The summed E-state index contributed by atoms with van der Waals surface area (Å²) in [4.78, 5) is 6.43. The van der Waals surface area contributed by atoms with Crippen molar-refractivity contribution in [2.24, 2.45) is 0 Å². The highest BCUT2D eigenvalue weighted by Crippen LogP contribution is 2.28. The number of imidazole rings is 1. The second kappa shape index (κ2) is 6.55. The molecule has 0 bridgehead atoms. The van der Waals surface area contributed by atoms with Gasteiger partial charge in [0.15, 0.2) is 0 Å². The molecule has 0 aromatic carbocycles. The number of nitrogens with one attached hydrogen (secondary N) is 1. The van der Waals surface area contributed by atoms with Crippen molar-refractivity contribution in [3.63, 3.8) is 0 Å². The highest BCUT2D eigenvalue weighted by Gasteiger charge is 2.33. The van der Waals surface area contributed by atoms with Crippen LogP contribution in [0.15, 0.2) is 12.4 Å². The van der Waals surface area contributed by atoms with E-state index < -0.39 is 12.7 Å². The number of aromatic nitrogens is 2. The maximum absolute atomic E-state index is 12.4. The fourth-order valence-corrected chi connectivity index (χ4v) is 2.83. The van der Waals surface area contributed by atoms with Crippen molar-refractivity contribution in [3.8, 4) is 0 Å². The molecular weight excluding hydrogens is 297 g/mol. The number of morpholine rings is 1. The first-order valence-electron chi connectivity index (χ1n) is 7.64. The molecule has 1 aliphatic carbocycles. The fourth-order valence-electron chi connectivity index (χ4n) is 2.83. The molecule has 0 spiro atoms. The standard InChI is InChI=1S/C14H21F3N4O/c15-14(16,17)10-21-4-3-19-13(21)8-18-7-12-9-20(5-6-22-12)11-1-2-11/h3-4,11-12,18H,1-2,5-10H2. The molecule has 1 N–H and O–H groups in total. The van der Waals surface area contributed by atoms with Crippen LogP contribution in [0.25, 0.3) is 0 Å². The molecule has 2 aliphatic rings. The highest BCUT2D eigenvalue weighted by atomic mass is 19.4. The average molecular weight is 318 g/mol. The first-order chi connectivity index (χ1) is 10.5. The average Bonchev–Trinajstić information content (AvgIpc) is 3.22. The molecule has 0 radical (unpaired) electrons. The predicted octanol–water partition coefficient (Wildman–Crippen LogP) is 1.40. The van der Waals surface area contributed by atoms with Crippen LogP contribution in [-0.2, 0) is 17.8 Å². The summed E-state index contributed by atoms with van der Waals surface area (Å²) in [7, 11) is 0. The van der Waals surface area contributed by atoms with Crippen molar-refractivity contribution in [3.05, 3.63) is 18.2 Å². The van der Waals surface area contributed by atoms with E-state index in [1.807, 2.05) is 0 Å². The molecule has 124 valence electrons. The maximum atomic E-state index is 12.4. The van der Waals surface area contributed by atoms with Crippen molar-refractivity contribution >= 4 is 0 Å². The summed E-state index contributed by atoms with van der Waals surface area (Å²) in [6.45, 7) is 2.55. The van der Waals surface area contributed by atoms with Gasteiger partial charge in [-0.1, -0.05) is 0 Å². The normalized spacial score (nSPS) is 23.9. The van der Waals surface area contributed by atoms with Gasteiger partial charge in [-0.2, -0.15) is 13.2 Å². The molecule has 2 heterocycles. The quantitative estimate of drug-likeness (QED) is 0.861. The van der Waals surface area contributed by atoms with Gasteiger partial charge in [0.2, 0.25) is 0 Å². The summed E-state index contributed by atoms with van der Waals surface area (Å²) >= 11 is 0. The zero-order valence-corrected chi connectivity index (χ0v) is 12.4. The first kappa shape index (κ1) is 15.8. The molecule has 8 heteroatoms. The maximum Gasteiger partial charge on any atom is 0.406 e. The number of nitrogens with zero attached hydrogens (tertiary/aromatic N) is 3. The lowest BCUT2D eigenvalue weighted by atomic mass is 10.2. The highest BCUT2D eigenvalue weighted by molar-refractivity contribution is 4.93. The van der Waals surface area contributed by atoms with Crippen LogP contribution >= 0.6 is 0 Å². The van der Waals surface area contributed by atoms with Crippen molar-refractivity contribution < 1.29 is 17.9 Å². The van der Waals surface area contributed by atoms with Crippen LogP contribution < -0.4 is 5.32 Å². The molecule has 1 saturated carbocycles. The van der Waals surface area contributed by atoms with Crippen LogP contribution in [-0.4, -0.2) is 59.0 Å². The third-order valence-electron chi connectivity index (χ3n) is 4.04. The Morgan fingerprint density at radius 3 is 2.91 bits per heavy atom. The van der Waals surface area contributed by atoms with Gasteiger partial charge in [-0.15, -0.1) is 0 Å². The number of alkyl halides is 3. The molecule has 0 amide bonds. The van der Waals surface area contributed by atoms with E-state index in [4.69, 9.17) is 4.74 Å². The van der Waals surface area contributed by atoms with E-state index in [1.165, 1.54) is 25.2 Å². The second-order valence-corrected chi connectivity index (χ2v) is 5.94. The third kappa shape index (κ3) is 4.44. The lowest BCUT2D eigenvalue weighted by Crippen LogP contribution is -2.47. The number of rotatable bonds is 6. The Labute approximate surface area is 127 Å². The molecule has 3 rings (SSSR count). The van der Waals surface area contributed by atoms with Crippen LogP contribution in [0, 0.1) is 0 Å². The Hall–Kier alpha value is -1.12. The van der Waals surface area contributed by atoms with Gasteiger partial charge in [0, 0.05) is 38.1 Å². The summed E-state index contributed by atoms with van der Waals surface area (Å²) < 4.78 is 44.2. The smallest absolute Gasteiger partial charge is 0.374 e. The van der Waals surface area contributed by atoms with E-state index in [1.54, 1.807) is 0 Å². The van der Waals surface area contributed by atoms with Crippen LogP contribution in [0.4, 0.5) is 13.2 Å². The summed E-state index contributed by atoms with van der Waals surface area (Å²) in [6, 6.07) is 0.720. The first-order valence-corrected chi connectivity index (χ1v) is 7.64. The van der Waals surface area contributed by atoms with E-state index in [9.17, 15) is 13.2 Å². The van der Waals surface area contributed by atoms with E-state index in [2.05, 4.69) is 15.2 Å². The monoisotopic (exact) mass is 318 g/mol. The molecule has 1 aromatic heterocycles. The summed E-state index contributed by atoms with van der Waals surface area (Å²) in [5.41, 5.74) is 0. The van der Waals surface area contributed by atoms with Gasteiger partial charge < -0.3 is 14.6 Å². The second-order valence-electron chi connectivity index (χ2n) is 5.94. The predicted molar refractivity (Wildman–Crippen MR) is 74.3 cm³/mol. The Morgan fingerprint density at radius 1 is 1.36 bits per heavy atom. The van der Waals surface area contributed by atoms with Crippen molar-refractivity contribution in [2.45, 2.75) is 44.3 Å². The molecule has 1 saturated heterocycles. The molecule has 1 atom stereocenters. The van der Waals surface area contributed by atoms with Gasteiger partial charge in [-0.3, -0.25) is 4.90 Å². The van der Waals surface area contributed by atoms with Gasteiger partial charge in [0.25, 0.3) is 0 Å². The zero-order chi connectivity index (χ0) is 15.6. The Balaban J connectivity index is 1.44. The van der Waals surface area contributed by atoms with Gasteiger partial charge in [-0.05, 0) is 12.8 Å². The number of hydrogen-bond acceptors (Lipinski definition) is 4. The van der Waals surface area contributed by atoms with Gasteiger partial charge >= 0.3 is 6.18 Å². The zero-order valence-electron chi connectivity index (χ0n) is 12.4. The van der Waals surface area contributed by atoms with E-state index in [-0.39, 0.29) is 6.10 Å². The van der Waals surface area contributed by atoms with Crippen molar-refractivity contribution in [1.82, 2.24) is 19.8 Å². The topological polar surface area (TPSA) is 42.3 Å². The molecule has 1 unspecified atom stereocenters. The number of halogens is 3. The Kier molecular flexibility index (Phi) is 4.70. The molecule has 2 fully saturated rings. The molecule has 22 heavy (non-hydrogen) atoms. The lowest BCUT2D eigenvalue weighted by Gasteiger charge is -2.33. The summed E-state index contributed by atoms with van der Waals surface area (Å²) in [5.74, 6) is 0.396. The molecule has 1 aromatic rings. The summed E-state index contributed by atoms with van der Waals surface area (Å²) in [6.07, 6.45) is 1.17. The third-order valence-corrected chi connectivity index (χ3v) is 4.04. The van der Waals surface area contributed by atoms with Gasteiger partial charge in [0.05, 0.1) is 19.3 Å². The number of hydrogen-bond donors (Lipinski definition) is 1. The van der Waals surface area contributed by atoms with Gasteiger partial charge in [0.1, 0.15) is 12.4 Å². The Bertz CT molecular complexity index is 487. The van der Waals surface area contributed by atoms with Crippen LogP contribution in [0.5, 0.6) is 0 Å². The van der Waals surface area contributed by atoms with Crippen molar-refractivity contribution in [1.29, 1.82) is 0 Å². The van der Waals surface area contributed by atoms with Crippen LogP contribution in [0.3, 0.4) is 0 Å². The van der Waals surface area contributed by atoms with Crippen LogP contribution in [0.1, 0.15) is 18.7 Å². The minimum Gasteiger partial charge on any atom is -0.374 e. The minimum absolute atomic E-state index is 0.0976. The summed E-state index contributed by atoms with van der Waals surface area (Å²) in [5, 5.41) is 3.16.